The van der Waals surface area contributed by atoms with E-state index in [4.69, 9.17) is 4.74 Å². The predicted octanol–water partition coefficient (Wildman–Crippen LogP) is 3.74. The Kier molecular flexibility index (Phi) is 4.67. The van der Waals surface area contributed by atoms with Gasteiger partial charge in [0.05, 0.1) is 5.69 Å². The fraction of sp³-hybridized carbons (Fsp3) is 0.286. The Morgan fingerprint density at radius 1 is 1.26 bits per heavy atom. The number of carbonyl (C=O) groups excluding carboxylic acids is 1. The quantitative estimate of drug-likeness (QED) is 0.618. The third-order valence-electron chi connectivity index (χ3n) is 2.84. The first-order valence-electron chi connectivity index (χ1n) is 6.38. The van der Waals surface area contributed by atoms with Gasteiger partial charge in [-0.15, -0.1) is 0 Å². The van der Waals surface area contributed by atoms with Gasteiger partial charge in [-0.1, -0.05) is 0 Å². The maximum absolute atomic E-state index is 12.7. The van der Waals surface area contributed by atoms with Gasteiger partial charge in [-0.2, -0.15) is 18.3 Å². The summed E-state index contributed by atoms with van der Waals surface area (Å²) in [5.74, 6) is -0.685. The summed E-state index contributed by atoms with van der Waals surface area (Å²) < 4.78 is 68.1. The van der Waals surface area contributed by atoms with E-state index in [-0.39, 0.29) is 11.5 Å². The standard InChI is InChI=1S/C14H11F5N2O2/c1-8(22)9-2-4-10(5-3-9)21-13(23-7-12(15)16)6-11(20-21)14(17,18)19/h2-6,12H,7H2,1H3. The Bertz CT molecular complexity index is 692. The van der Waals surface area contributed by atoms with Crippen molar-refractivity contribution in [3.63, 3.8) is 0 Å². The predicted molar refractivity (Wildman–Crippen MR) is 70.1 cm³/mol. The minimum atomic E-state index is -4.74. The van der Waals surface area contributed by atoms with Crippen LogP contribution in [0.15, 0.2) is 30.3 Å². The van der Waals surface area contributed by atoms with Crippen LogP contribution < -0.4 is 4.74 Å². The molecule has 0 amide bonds. The molecular weight excluding hydrogens is 323 g/mol. The van der Waals surface area contributed by atoms with Crippen LogP contribution in [-0.4, -0.2) is 28.6 Å². The van der Waals surface area contributed by atoms with Gasteiger partial charge in [0, 0.05) is 11.6 Å². The number of aromatic nitrogens is 2. The SMILES string of the molecule is CC(=O)c1ccc(-n2nc(C(F)(F)F)cc2OCC(F)F)cc1. The first-order valence-corrected chi connectivity index (χ1v) is 6.38. The van der Waals surface area contributed by atoms with Gasteiger partial charge < -0.3 is 4.74 Å². The van der Waals surface area contributed by atoms with Crippen molar-refractivity contribution >= 4 is 5.78 Å². The zero-order chi connectivity index (χ0) is 17.2. The highest BCUT2D eigenvalue weighted by Gasteiger charge is 2.35. The molecule has 0 bridgehead atoms. The molecule has 0 aliphatic rings. The molecule has 1 aromatic carbocycles. The lowest BCUT2D eigenvalue weighted by Crippen LogP contribution is -2.10. The Labute approximate surface area is 127 Å². The molecule has 23 heavy (non-hydrogen) atoms. The van der Waals surface area contributed by atoms with Crippen molar-refractivity contribution in [3.05, 3.63) is 41.6 Å². The molecule has 0 atom stereocenters. The summed E-state index contributed by atoms with van der Waals surface area (Å²) in [6.45, 7) is 0.274. The van der Waals surface area contributed by atoms with E-state index < -0.39 is 30.8 Å². The van der Waals surface area contributed by atoms with Crippen LogP contribution in [0.3, 0.4) is 0 Å². The molecule has 0 aliphatic carbocycles. The molecule has 0 N–H and O–H groups in total. The second kappa shape index (κ2) is 6.35. The molecule has 124 valence electrons. The Morgan fingerprint density at radius 3 is 2.35 bits per heavy atom. The molecule has 0 fully saturated rings. The normalized spacial score (nSPS) is 11.8. The molecule has 0 radical (unpaired) electrons. The van der Waals surface area contributed by atoms with E-state index >= 15 is 0 Å². The summed E-state index contributed by atoms with van der Waals surface area (Å²) in [7, 11) is 0. The van der Waals surface area contributed by atoms with Crippen molar-refractivity contribution in [3.8, 4) is 11.6 Å². The van der Waals surface area contributed by atoms with Crippen LogP contribution in [0.2, 0.25) is 0 Å². The van der Waals surface area contributed by atoms with Gasteiger partial charge in [0.25, 0.3) is 6.43 Å². The smallest absolute Gasteiger partial charge is 0.435 e. The van der Waals surface area contributed by atoms with E-state index in [9.17, 15) is 26.7 Å². The van der Waals surface area contributed by atoms with Gasteiger partial charge in [0.15, 0.2) is 18.1 Å². The number of Topliss-reactive ketones (excluding diaryl/α,β-unsaturated/α-hetero) is 1. The van der Waals surface area contributed by atoms with Gasteiger partial charge >= 0.3 is 6.18 Å². The van der Waals surface area contributed by atoms with Crippen molar-refractivity contribution < 1.29 is 31.5 Å². The highest BCUT2D eigenvalue weighted by molar-refractivity contribution is 5.94. The molecule has 0 saturated heterocycles. The van der Waals surface area contributed by atoms with E-state index in [1.165, 1.54) is 31.2 Å². The summed E-state index contributed by atoms with van der Waals surface area (Å²) in [5, 5.41) is 3.34. The zero-order valence-corrected chi connectivity index (χ0v) is 11.8. The van der Waals surface area contributed by atoms with Gasteiger partial charge in [-0.3, -0.25) is 4.79 Å². The molecule has 0 aliphatic heterocycles. The number of benzene rings is 1. The molecular formula is C14H11F5N2O2. The van der Waals surface area contributed by atoms with Gasteiger partial charge in [-0.05, 0) is 31.2 Å². The molecule has 2 rings (SSSR count). The van der Waals surface area contributed by atoms with Crippen LogP contribution >= 0.6 is 0 Å². The summed E-state index contributed by atoms with van der Waals surface area (Å²) in [4.78, 5) is 11.2. The molecule has 4 nitrogen and oxygen atoms in total. The van der Waals surface area contributed by atoms with Crippen LogP contribution in [0.25, 0.3) is 5.69 Å². The monoisotopic (exact) mass is 334 g/mol. The number of carbonyl (C=O) groups is 1. The molecule has 0 unspecified atom stereocenters. The van der Waals surface area contributed by atoms with Crippen LogP contribution in [0.1, 0.15) is 23.0 Å². The summed E-state index contributed by atoms with van der Waals surface area (Å²) in [6.07, 6.45) is -7.58. The molecule has 2 aromatic rings. The van der Waals surface area contributed by atoms with E-state index in [1.54, 1.807) is 0 Å². The van der Waals surface area contributed by atoms with Crippen LogP contribution in [0, 0.1) is 0 Å². The minimum absolute atomic E-state index is 0.148. The van der Waals surface area contributed by atoms with Crippen LogP contribution in [0.4, 0.5) is 22.0 Å². The number of hydrogen-bond donors (Lipinski definition) is 0. The van der Waals surface area contributed by atoms with E-state index in [0.29, 0.717) is 11.6 Å². The van der Waals surface area contributed by atoms with E-state index in [2.05, 4.69) is 5.10 Å². The molecule has 1 aromatic heterocycles. The average Bonchev–Trinajstić information content (AvgIpc) is 2.89. The highest BCUT2D eigenvalue weighted by atomic mass is 19.4. The maximum atomic E-state index is 12.7. The van der Waals surface area contributed by atoms with Gasteiger partial charge in [0.1, 0.15) is 0 Å². The number of rotatable bonds is 5. The summed E-state index contributed by atoms with van der Waals surface area (Å²) in [5.41, 5.74) is -0.765. The second-order valence-electron chi connectivity index (χ2n) is 4.58. The number of alkyl halides is 5. The lowest BCUT2D eigenvalue weighted by atomic mass is 10.1. The summed E-state index contributed by atoms with van der Waals surface area (Å²) >= 11 is 0. The van der Waals surface area contributed by atoms with Crippen molar-refractivity contribution in [2.45, 2.75) is 19.5 Å². The maximum Gasteiger partial charge on any atom is 0.435 e. The topological polar surface area (TPSA) is 44.1 Å². The molecule has 0 spiro atoms. The third kappa shape index (κ3) is 4.05. The lowest BCUT2D eigenvalue weighted by Gasteiger charge is -2.09. The largest absolute Gasteiger partial charge is 0.471 e. The van der Waals surface area contributed by atoms with Gasteiger partial charge in [-0.25, -0.2) is 13.5 Å². The summed E-state index contributed by atoms with van der Waals surface area (Å²) in [6, 6.07) is 6.02. The third-order valence-corrected chi connectivity index (χ3v) is 2.84. The minimum Gasteiger partial charge on any atom is -0.471 e. The number of hydrogen-bond acceptors (Lipinski definition) is 3. The Morgan fingerprint density at radius 2 is 1.87 bits per heavy atom. The van der Waals surface area contributed by atoms with Crippen molar-refractivity contribution in [1.29, 1.82) is 0 Å². The van der Waals surface area contributed by atoms with Crippen molar-refractivity contribution in [1.82, 2.24) is 9.78 Å². The Balaban J connectivity index is 2.41. The number of halogens is 5. The second-order valence-corrected chi connectivity index (χ2v) is 4.58. The molecule has 1 heterocycles. The highest BCUT2D eigenvalue weighted by Crippen LogP contribution is 2.32. The fourth-order valence-electron chi connectivity index (χ4n) is 1.78. The van der Waals surface area contributed by atoms with Crippen molar-refractivity contribution in [2.75, 3.05) is 6.61 Å². The number of ether oxygens (including phenoxy) is 1. The van der Waals surface area contributed by atoms with E-state index in [1.807, 2.05) is 0 Å². The average molecular weight is 334 g/mol. The van der Waals surface area contributed by atoms with Crippen LogP contribution in [-0.2, 0) is 6.18 Å². The molecule has 9 heteroatoms. The molecule has 0 saturated carbocycles. The lowest BCUT2D eigenvalue weighted by molar-refractivity contribution is -0.141. The number of ketones is 1. The van der Waals surface area contributed by atoms with E-state index in [0.717, 1.165) is 4.68 Å². The first-order chi connectivity index (χ1) is 10.7. The Hall–Kier alpha value is -2.45. The first kappa shape index (κ1) is 16.9. The fourth-order valence-corrected chi connectivity index (χ4v) is 1.78. The number of nitrogens with zero attached hydrogens (tertiary/aromatic N) is 2. The zero-order valence-electron chi connectivity index (χ0n) is 11.8. The van der Waals surface area contributed by atoms with Crippen molar-refractivity contribution in [2.24, 2.45) is 0 Å². The van der Waals surface area contributed by atoms with Crippen LogP contribution in [0.5, 0.6) is 5.88 Å². The van der Waals surface area contributed by atoms with Gasteiger partial charge in [0.2, 0.25) is 5.88 Å².